The van der Waals surface area contributed by atoms with E-state index in [1.165, 1.54) is 16.3 Å². The second kappa shape index (κ2) is 3.95. The van der Waals surface area contributed by atoms with Crippen molar-refractivity contribution < 1.29 is 0 Å². The number of fused-ring (bicyclic) bond motifs is 3. The molecule has 0 aliphatic heterocycles. The molecular formula is C17H11N2. The molecule has 0 aliphatic carbocycles. The zero-order valence-corrected chi connectivity index (χ0v) is 10.2. The van der Waals surface area contributed by atoms with E-state index < -0.39 is 0 Å². The normalized spacial score (nSPS) is 11.2. The number of pyridine rings is 1. The maximum atomic E-state index is 4.15. The molecule has 19 heavy (non-hydrogen) atoms. The van der Waals surface area contributed by atoms with Crippen LogP contribution in [0.5, 0.6) is 0 Å². The van der Waals surface area contributed by atoms with E-state index in [2.05, 4.69) is 52.1 Å². The van der Waals surface area contributed by atoms with Crippen LogP contribution in [0.1, 0.15) is 0 Å². The van der Waals surface area contributed by atoms with Crippen LogP contribution in [-0.4, -0.2) is 9.55 Å². The number of para-hydroxylation sites is 2. The standard InChI is InChI=1S/C17H11N2/c1-2-6-13(7-3-1)19-16-9-5-4-8-14(16)15-10-11-18-12-17(15)19/h1-11H. The SMILES string of the molecule is [c]1nccc2c3ccccc3n(-c3ccccc3)c12. The Labute approximate surface area is 110 Å². The molecule has 89 valence electrons. The number of hydrogen-bond donors (Lipinski definition) is 0. The van der Waals surface area contributed by atoms with E-state index in [-0.39, 0.29) is 0 Å². The van der Waals surface area contributed by atoms with Gasteiger partial charge in [0.2, 0.25) is 0 Å². The van der Waals surface area contributed by atoms with Crippen LogP contribution >= 0.6 is 0 Å². The highest BCUT2D eigenvalue weighted by Crippen LogP contribution is 2.30. The lowest BCUT2D eigenvalue weighted by Crippen LogP contribution is -1.93. The van der Waals surface area contributed by atoms with Crippen LogP contribution in [0.2, 0.25) is 0 Å². The molecule has 0 amide bonds. The van der Waals surface area contributed by atoms with Crippen molar-refractivity contribution in [2.45, 2.75) is 0 Å². The molecule has 0 saturated heterocycles. The van der Waals surface area contributed by atoms with E-state index in [9.17, 15) is 0 Å². The Balaban J connectivity index is 2.24. The summed E-state index contributed by atoms with van der Waals surface area (Å²) in [6, 6.07) is 20.8. The minimum atomic E-state index is 1.02. The summed E-state index contributed by atoms with van der Waals surface area (Å²) in [5.74, 6) is 0. The Hall–Kier alpha value is -2.61. The molecule has 0 bridgehead atoms. The van der Waals surface area contributed by atoms with E-state index in [0.717, 1.165) is 11.2 Å². The van der Waals surface area contributed by atoms with Crippen LogP contribution in [-0.2, 0) is 0 Å². The smallest absolute Gasteiger partial charge is 0.115 e. The van der Waals surface area contributed by atoms with Crippen molar-refractivity contribution in [1.29, 1.82) is 0 Å². The third-order valence-electron chi connectivity index (χ3n) is 3.41. The van der Waals surface area contributed by atoms with Gasteiger partial charge in [-0.25, -0.2) is 0 Å². The minimum Gasteiger partial charge on any atom is -0.307 e. The second-order valence-electron chi connectivity index (χ2n) is 4.51. The fourth-order valence-corrected chi connectivity index (χ4v) is 2.60. The highest BCUT2D eigenvalue weighted by atomic mass is 15.0. The molecule has 0 atom stereocenters. The van der Waals surface area contributed by atoms with Crippen molar-refractivity contribution in [2.75, 3.05) is 0 Å². The first-order valence-corrected chi connectivity index (χ1v) is 6.26. The summed E-state index contributed by atoms with van der Waals surface area (Å²) in [7, 11) is 0. The molecule has 0 spiro atoms. The highest BCUT2D eigenvalue weighted by molar-refractivity contribution is 6.08. The summed E-state index contributed by atoms with van der Waals surface area (Å²) < 4.78 is 2.21. The molecule has 0 saturated carbocycles. The summed E-state index contributed by atoms with van der Waals surface area (Å²) in [4.78, 5) is 4.15. The van der Waals surface area contributed by atoms with Gasteiger partial charge < -0.3 is 4.57 Å². The van der Waals surface area contributed by atoms with E-state index in [1.54, 1.807) is 6.20 Å². The van der Waals surface area contributed by atoms with E-state index in [1.807, 2.05) is 24.3 Å². The van der Waals surface area contributed by atoms with Gasteiger partial charge in [0.05, 0.1) is 11.0 Å². The van der Waals surface area contributed by atoms with Crippen LogP contribution in [0.4, 0.5) is 0 Å². The number of hydrogen-bond acceptors (Lipinski definition) is 1. The van der Waals surface area contributed by atoms with Crippen molar-refractivity contribution in [2.24, 2.45) is 0 Å². The Kier molecular flexibility index (Phi) is 2.15. The van der Waals surface area contributed by atoms with Crippen molar-refractivity contribution >= 4 is 21.8 Å². The lowest BCUT2D eigenvalue weighted by atomic mass is 10.2. The number of nitrogens with zero attached hydrogens (tertiary/aromatic N) is 2. The van der Waals surface area contributed by atoms with Gasteiger partial charge in [-0.05, 0) is 24.3 Å². The fourth-order valence-electron chi connectivity index (χ4n) is 2.60. The van der Waals surface area contributed by atoms with Crippen LogP contribution in [0.15, 0.2) is 66.9 Å². The van der Waals surface area contributed by atoms with Gasteiger partial charge >= 0.3 is 0 Å². The molecule has 1 radical (unpaired) electrons. The van der Waals surface area contributed by atoms with Gasteiger partial charge in [0, 0.05) is 22.7 Å². The van der Waals surface area contributed by atoms with E-state index >= 15 is 0 Å². The number of rotatable bonds is 1. The van der Waals surface area contributed by atoms with Gasteiger partial charge in [-0.15, -0.1) is 0 Å². The molecule has 2 heterocycles. The maximum Gasteiger partial charge on any atom is 0.115 e. The monoisotopic (exact) mass is 243 g/mol. The fraction of sp³-hybridized carbons (Fsp3) is 0. The van der Waals surface area contributed by atoms with Crippen LogP contribution in [0.3, 0.4) is 0 Å². The molecule has 0 aliphatic rings. The summed E-state index contributed by atoms with van der Waals surface area (Å²) in [6.07, 6.45) is 4.92. The third-order valence-corrected chi connectivity index (χ3v) is 3.41. The van der Waals surface area contributed by atoms with Crippen LogP contribution in [0.25, 0.3) is 27.5 Å². The van der Waals surface area contributed by atoms with Crippen molar-refractivity contribution in [1.82, 2.24) is 9.55 Å². The average Bonchev–Trinajstić information content (AvgIpc) is 2.83. The van der Waals surface area contributed by atoms with Crippen molar-refractivity contribution in [3.8, 4) is 5.69 Å². The molecular weight excluding hydrogens is 232 g/mol. The Morgan fingerprint density at radius 3 is 2.47 bits per heavy atom. The molecule has 2 heteroatoms. The lowest BCUT2D eigenvalue weighted by Gasteiger charge is -2.06. The molecule has 0 fully saturated rings. The summed E-state index contributed by atoms with van der Waals surface area (Å²) in [5, 5.41) is 2.43. The molecule has 0 N–H and O–H groups in total. The highest BCUT2D eigenvalue weighted by Gasteiger charge is 2.11. The minimum absolute atomic E-state index is 1.02. The largest absolute Gasteiger partial charge is 0.307 e. The molecule has 4 aromatic rings. The first kappa shape index (κ1) is 10.3. The summed E-state index contributed by atoms with van der Waals surface area (Å²) in [6.45, 7) is 0. The Bertz CT molecular complexity index is 807. The molecule has 4 rings (SSSR count). The van der Waals surface area contributed by atoms with E-state index in [0.29, 0.717) is 0 Å². The van der Waals surface area contributed by atoms with Gasteiger partial charge in [-0.2, -0.15) is 0 Å². The van der Waals surface area contributed by atoms with E-state index in [4.69, 9.17) is 0 Å². The van der Waals surface area contributed by atoms with Gasteiger partial charge in [0.15, 0.2) is 0 Å². The Morgan fingerprint density at radius 1 is 0.789 bits per heavy atom. The quantitative estimate of drug-likeness (QED) is 0.494. The Morgan fingerprint density at radius 2 is 1.58 bits per heavy atom. The van der Waals surface area contributed by atoms with Gasteiger partial charge in [0.1, 0.15) is 6.20 Å². The zero-order chi connectivity index (χ0) is 12.7. The van der Waals surface area contributed by atoms with Gasteiger partial charge in [-0.3, -0.25) is 4.98 Å². The average molecular weight is 243 g/mol. The zero-order valence-electron chi connectivity index (χ0n) is 10.2. The molecule has 2 aromatic carbocycles. The number of aromatic nitrogens is 2. The van der Waals surface area contributed by atoms with Crippen LogP contribution < -0.4 is 0 Å². The van der Waals surface area contributed by atoms with Gasteiger partial charge in [0.25, 0.3) is 0 Å². The first-order chi connectivity index (χ1) is 9.45. The predicted octanol–water partition coefficient (Wildman–Crippen LogP) is 3.98. The topological polar surface area (TPSA) is 17.8 Å². The molecule has 2 aromatic heterocycles. The number of benzene rings is 2. The third kappa shape index (κ3) is 1.47. The summed E-state index contributed by atoms with van der Waals surface area (Å²) >= 11 is 0. The molecule has 2 nitrogen and oxygen atoms in total. The maximum absolute atomic E-state index is 4.15. The lowest BCUT2D eigenvalue weighted by molar-refractivity contribution is 1.16. The van der Waals surface area contributed by atoms with Crippen molar-refractivity contribution in [3.63, 3.8) is 0 Å². The first-order valence-electron chi connectivity index (χ1n) is 6.26. The van der Waals surface area contributed by atoms with Gasteiger partial charge in [-0.1, -0.05) is 36.4 Å². The molecule has 0 unspecified atom stereocenters. The van der Waals surface area contributed by atoms with Crippen molar-refractivity contribution in [3.05, 3.63) is 73.1 Å². The second-order valence-corrected chi connectivity index (χ2v) is 4.51. The summed E-state index contributed by atoms with van der Waals surface area (Å²) in [5.41, 5.74) is 3.35. The van der Waals surface area contributed by atoms with Crippen LogP contribution in [0, 0.1) is 6.20 Å². The predicted molar refractivity (Wildman–Crippen MR) is 77.4 cm³/mol.